The maximum Gasteiger partial charge on any atom is 0.267 e. The first-order chi connectivity index (χ1) is 9.54. The van der Waals surface area contributed by atoms with E-state index in [9.17, 15) is 4.79 Å². The molecule has 0 fully saturated rings. The highest BCUT2D eigenvalue weighted by Gasteiger charge is 2.17. The fraction of sp³-hybridized carbons (Fsp3) is 0.143. The van der Waals surface area contributed by atoms with E-state index < -0.39 is 0 Å². The topological polar surface area (TPSA) is 72.9 Å². The predicted molar refractivity (Wildman–Crippen MR) is 82.1 cm³/mol. The van der Waals surface area contributed by atoms with Crippen molar-refractivity contribution in [2.75, 3.05) is 11.1 Å². The van der Waals surface area contributed by atoms with E-state index in [4.69, 9.17) is 5.73 Å². The fourth-order valence-electron chi connectivity index (χ4n) is 2.07. The molecule has 0 spiro atoms. The molecule has 0 saturated carbocycles. The zero-order valence-electron chi connectivity index (χ0n) is 11.2. The van der Waals surface area contributed by atoms with E-state index in [1.54, 1.807) is 24.1 Å². The van der Waals surface area contributed by atoms with Gasteiger partial charge in [0.2, 0.25) is 0 Å². The van der Waals surface area contributed by atoms with Gasteiger partial charge in [0.25, 0.3) is 5.91 Å². The highest BCUT2D eigenvalue weighted by molar-refractivity contribution is 7.21. The van der Waals surface area contributed by atoms with Crippen LogP contribution in [0.15, 0.2) is 30.6 Å². The molecule has 102 valence electrons. The molecule has 2 aromatic heterocycles. The number of nitrogens with one attached hydrogen (secondary N) is 1. The number of nitrogens with two attached hydrogens (primary N) is 1. The van der Waals surface area contributed by atoms with Gasteiger partial charge in [0.1, 0.15) is 4.88 Å². The lowest BCUT2D eigenvalue weighted by atomic mass is 10.1. The van der Waals surface area contributed by atoms with Crippen molar-refractivity contribution in [2.24, 2.45) is 7.05 Å². The average Bonchev–Trinajstić information content (AvgIpc) is 2.94. The molecule has 0 bridgehead atoms. The molecule has 20 heavy (non-hydrogen) atoms. The van der Waals surface area contributed by atoms with Crippen LogP contribution in [0.5, 0.6) is 0 Å². The Morgan fingerprint density at radius 1 is 1.45 bits per heavy atom. The number of nitrogens with zero attached hydrogens (tertiary/aromatic N) is 2. The Labute approximate surface area is 120 Å². The lowest BCUT2D eigenvalue weighted by molar-refractivity contribution is 0.103. The van der Waals surface area contributed by atoms with Crippen molar-refractivity contribution in [1.82, 2.24) is 9.78 Å². The first kappa shape index (κ1) is 12.7. The number of rotatable bonds is 2. The minimum atomic E-state index is -0.200. The number of thiophene rings is 1. The molecular weight excluding hydrogens is 272 g/mol. The molecule has 0 aliphatic heterocycles. The number of hydrogen-bond acceptors (Lipinski definition) is 4. The van der Waals surface area contributed by atoms with Crippen LogP contribution in [0.1, 0.15) is 15.2 Å². The third kappa shape index (κ3) is 2.14. The van der Waals surface area contributed by atoms with E-state index in [-0.39, 0.29) is 5.91 Å². The summed E-state index contributed by atoms with van der Waals surface area (Å²) in [5.41, 5.74) is 8.42. The number of nitrogen functional groups attached to an aromatic ring is 1. The highest BCUT2D eigenvalue weighted by atomic mass is 32.1. The van der Waals surface area contributed by atoms with Gasteiger partial charge in [0.15, 0.2) is 0 Å². The predicted octanol–water partition coefficient (Wildman–Crippen LogP) is 2.78. The lowest BCUT2D eigenvalue weighted by Gasteiger charge is -2.00. The molecule has 1 aromatic carbocycles. The van der Waals surface area contributed by atoms with Crippen molar-refractivity contribution in [3.63, 3.8) is 0 Å². The number of aromatic nitrogens is 2. The minimum absolute atomic E-state index is 0.200. The summed E-state index contributed by atoms with van der Waals surface area (Å²) in [6.07, 6.45) is 3.34. The van der Waals surface area contributed by atoms with Crippen LogP contribution in [0.25, 0.3) is 10.1 Å². The number of carbonyl (C=O) groups excluding carboxylic acids is 1. The maximum atomic E-state index is 12.3. The van der Waals surface area contributed by atoms with E-state index >= 15 is 0 Å². The molecule has 5 nitrogen and oxygen atoms in total. The van der Waals surface area contributed by atoms with Gasteiger partial charge in [-0.3, -0.25) is 9.48 Å². The number of benzene rings is 1. The number of aryl methyl sites for hydroxylation is 2. The van der Waals surface area contributed by atoms with Crippen molar-refractivity contribution < 1.29 is 4.79 Å². The molecular formula is C14H14N4OS. The molecule has 1 amide bonds. The summed E-state index contributed by atoms with van der Waals surface area (Å²) >= 11 is 1.40. The van der Waals surface area contributed by atoms with Gasteiger partial charge in [-0.25, -0.2) is 0 Å². The molecule has 0 saturated heterocycles. The molecule has 6 heteroatoms. The maximum absolute atomic E-state index is 12.3. The zero-order chi connectivity index (χ0) is 14.3. The summed E-state index contributed by atoms with van der Waals surface area (Å²) < 4.78 is 2.65. The number of fused-ring (bicyclic) bond motifs is 1. The lowest BCUT2D eigenvalue weighted by Crippen LogP contribution is -2.11. The van der Waals surface area contributed by atoms with Crippen molar-refractivity contribution in [2.45, 2.75) is 6.92 Å². The number of hydrogen-bond donors (Lipinski definition) is 2. The van der Waals surface area contributed by atoms with Gasteiger partial charge in [0, 0.05) is 23.3 Å². The Balaban J connectivity index is 1.97. The van der Waals surface area contributed by atoms with Crippen molar-refractivity contribution in [3.05, 3.63) is 41.0 Å². The van der Waals surface area contributed by atoms with E-state index in [1.165, 1.54) is 11.3 Å². The van der Waals surface area contributed by atoms with E-state index in [1.807, 2.05) is 25.1 Å². The Morgan fingerprint density at radius 3 is 2.95 bits per heavy atom. The van der Waals surface area contributed by atoms with Gasteiger partial charge >= 0.3 is 0 Å². The van der Waals surface area contributed by atoms with Crippen LogP contribution in [-0.4, -0.2) is 15.7 Å². The summed E-state index contributed by atoms with van der Waals surface area (Å²) in [5.74, 6) is -0.200. The highest BCUT2D eigenvalue weighted by Crippen LogP contribution is 2.34. The molecule has 0 unspecified atom stereocenters. The summed E-state index contributed by atoms with van der Waals surface area (Å²) in [7, 11) is 1.80. The van der Waals surface area contributed by atoms with Crippen LogP contribution in [0.3, 0.4) is 0 Å². The second-order valence-electron chi connectivity index (χ2n) is 4.70. The van der Waals surface area contributed by atoms with E-state index in [2.05, 4.69) is 10.4 Å². The van der Waals surface area contributed by atoms with Gasteiger partial charge in [0.05, 0.1) is 17.6 Å². The second-order valence-corrected chi connectivity index (χ2v) is 5.75. The number of carbonyl (C=O) groups is 1. The van der Waals surface area contributed by atoms with Crippen LogP contribution >= 0.6 is 11.3 Å². The first-order valence-corrected chi connectivity index (χ1v) is 6.95. The Morgan fingerprint density at radius 2 is 2.25 bits per heavy atom. The molecule has 0 aliphatic carbocycles. The number of amides is 1. The Kier molecular flexibility index (Phi) is 2.94. The van der Waals surface area contributed by atoms with Gasteiger partial charge in [-0.1, -0.05) is 11.6 Å². The van der Waals surface area contributed by atoms with Crippen LogP contribution in [0.2, 0.25) is 0 Å². The van der Waals surface area contributed by atoms with Gasteiger partial charge in [-0.05, 0) is 19.1 Å². The summed E-state index contributed by atoms with van der Waals surface area (Å²) in [4.78, 5) is 12.8. The number of anilines is 2. The van der Waals surface area contributed by atoms with Crippen LogP contribution in [0.4, 0.5) is 11.4 Å². The van der Waals surface area contributed by atoms with E-state index in [0.717, 1.165) is 15.6 Å². The SMILES string of the molecule is Cc1ccc2sc(C(=O)Nc3cnn(C)c3)c(N)c2c1. The molecule has 3 N–H and O–H groups in total. The normalized spacial score (nSPS) is 10.9. The average molecular weight is 286 g/mol. The molecule has 0 atom stereocenters. The standard InChI is InChI=1S/C14H14N4OS/c1-8-3-4-11-10(5-8)12(15)13(20-11)14(19)17-9-6-16-18(2)7-9/h3-7H,15H2,1-2H3,(H,17,19). The first-order valence-electron chi connectivity index (χ1n) is 6.13. The molecule has 2 heterocycles. The van der Waals surface area contributed by atoms with E-state index in [0.29, 0.717) is 16.3 Å². The van der Waals surface area contributed by atoms with Crippen LogP contribution in [-0.2, 0) is 7.05 Å². The summed E-state index contributed by atoms with van der Waals surface area (Å²) in [6, 6.07) is 6.01. The van der Waals surface area contributed by atoms with Gasteiger partial charge < -0.3 is 11.1 Å². The second kappa shape index (κ2) is 4.64. The van der Waals surface area contributed by atoms with Crippen molar-refractivity contribution in [3.8, 4) is 0 Å². The zero-order valence-corrected chi connectivity index (χ0v) is 12.0. The quantitative estimate of drug-likeness (QED) is 0.760. The van der Waals surface area contributed by atoms with Gasteiger partial charge in [-0.2, -0.15) is 5.10 Å². The molecule has 3 aromatic rings. The molecule has 0 radical (unpaired) electrons. The molecule has 0 aliphatic rings. The third-order valence-corrected chi connectivity index (χ3v) is 4.24. The smallest absolute Gasteiger partial charge is 0.267 e. The molecule has 3 rings (SSSR count). The third-order valence-electron chi connectivity index (χ3n) is 3.05. The van der Waals surface area contributed by atoms with Gasteiger partial charge in [-0.15, -0.1) is 11.3 Å². The van der Waals surface area contributed by atoms with Crippen molar-refractivity contribution >= 4 is 38.7 Å². The van der Waals surface area contributed by atoms with Crippen molar-refractivity contribution in [1.29, 1.82) is 0 Å². The largest absolute Gasteiger partial charge is 0.397 e. The van der Waals surface area contributed by atoms with Crippen LogP contribution < -0.4 is 11.1 Å². The monoisotopic (exact) mass is 286 g/mol. The summed E-state index contributed by atoms with van der Waals surface area (Å²) in [6.45, 7) is 2.01. The minimum Gasteiger partial charge on any atom is -0.397 e. The van der Waals surface area contributed by atoms with Crippen LogP contribution in [0, 0.1) is 6.92 Å². The summed E-state index contributed by atoms with van der Waals surface area (Å²) in [5, 5.41) is 7.75. The fourth-order valence-corrected chi connectivity index (χ4v) is 3.07. The Bertz CT molecular complexity index is 803. The Hall–Kier alpha value is -2.34.